The van der Waals surface area contributed by atoms with E-state index in [1.807, 2.05) is 0 Å². The Morgan fingerprint density at radius 3 is 2.57 bits per heavy atom. The lowest BCUT2D eigenvalue weighted by Crippen LogP contribution is -1.82. The lowest BCUT2D eigenvalue weighted by molar-refractivity contribution is 0.361. The zero-order valence-corrected chi connectivity index (χ0v) is 6.93. The Morgan fingerprint density at radius 2 is 2.14 bits per heavy atom. The molecule has 0 radical (unpaired) electrons. The van der Waals surface area contributed by atoms with Crippen molar-refractivity contribution in [3.8, 4) is 0 Å². The molecule has 0 N–H and O–H groups in total. The van der Waals surface area contributed by atoms with Crippen molar-refractivity contribution in [2.45, 2.75) is 12.8 Å². The standard InChI is InChI=1S/C4H10BrOP/c5-3-1-2-4-6-7/h1-4,7H2. The summed E-state index contributed by atoms with van der Waals surface area (Å²) in [7, 11) is 2.23. The number of alkyl halides is 1. The summed E-state index contributed by atoms with van der Waals surface area (Å²) in [6.45, 7) is 0.857. The van der Waals surface area contributed by atoms with Gasteiger partial charge in [0, 0.05) is 14.8 Å². The second-order valence-corrected chi connectivity index (χ2v) is 2.39. The van der Waals surface area contributed by atoms with Crippen LogP contribution < -0.4 is 0 Å². The van der Waals surface area contributed by atoms with E-state index in [9.17, 15) is 0 Å². The predicted molar refractivity (Wildman–Crippen MR) is 38.7 cm³/mol. The van der Waals surface area contributed by atoms with Gasteiger partial charge in [-0.2, -0.15) is 0 Å². The van der Waals surface area contributed by atoms with Gasteiger partial charge in [0.2, 0.25) is 0 Å². The van der Waals surface area contributed by atoms with Gasteiger partial charge in [0.05, 0.1) is 6.61 Å². The minimum Gasteiger partial charge on any atom is -0.366 e. The van der Waals surface area contributed by atoms with Crippen LogP contribution in [0.15, 0.2) is 0 Å². The lowest BCUT2D eigenvalue weighted by Gasteiger charge is -1.91. The first kappa shape index (κ1) is 7.87. The van der Waals surface area contributed by atoms with Gasteiger partial charge in [-0.25, -0.2) is 0 Å². The van der Waals surface area contributed by atoms with E-state index in [2.05, 4.69) is 25.4 Å². The molecule has 7 heavy (non-hydrogen) atoms. The third-order valence-electron chi connectivity index (χ3n) is 0.646. The molecule has 0 aromatic carbocycles. The maximum absolute atomic E-state index is 4.74. The van der Waals surface area contributed by atoms with E-state index < -0.39 is 0 Å². The Balaban J connectivity index is 2.45. The maximum atomic E-state index is 4.74. The fraction of sp³-hybridized carbons (Fsp3) is 1.00. The summed E-state index contributed by atoms with van der Waals surface area (Å²) in [6.07, 6.45) is 2.35. The van der Waals surface area contributed by atoms with Crippen molar-refractivity contribution in [2.24, 2.45) is 0 Å². The predicted octanol–water partition coefficient (Wildman–Crippen LogP) is 1.97. The zero-order chi connectivity index (χ0) is 5.54. The van der Waals surface area contributed by atoms with E-state index in [0.29, 0.717) is 0 Å². The first-order chi connectivity index (χ1) is 3.41. The highest BCUT2D eigenvalue weighted by Crippen LogP contribution is 1.95. The molecule has 0 aliphatic heterocycles. The van der Waals surface area contributed by atoms with Crippen LogP contribution >= 0.6 is 25.4 Å². The van der Waals surface area contributed by atoms with E-state index in [-0.39, 0.29) is 0 Å². The van der Waals surface area contributed by atoms with E-state index in [0.717, 1.165) is 18.4 Å². The van der Waals surface area contributed by atoms with Gasteiger partial charge in [0.25, 0.3) is 0 Å². The van der Waals surface area contributed by atoms with Crippen molar-refractivity contribution >= 4 is 25.4 Å². The molecule has 0 bridgehead atoms. The highest BCUT2D eigenvalue weighted by molar-refractivity contribution is 9.09. The Kier molecular flexibility index (Phi) is 7.72. The molecule has 0 heterocycles. The Bertz CT molecular complexity index is 30.9. The summed E-state index contributed by atoms with van der Waals surface area (Å²) < 4.78 is 4.74. The summed E-state index contributed by atoms with van der Waals surface area (Å²) in [4.78, 5) is 0. The highest BCUT2D eigenvalue weighted by atomic mass is 79.9. The molecule has 0 aliphatic carbocycles. The van der Waals surface area contributed by atoms with Crippen molar-refractivity contribution in [1.29, 1.82) is 0 Å². The van der Waals surface area contributed by atoms with E-state index >= 15 is 0 Å². The topological polar surface area (TPSA) is 9.23 Å². The van der Waals surface area contributed by atoms with E-state index in [4.69, 9.17) is 4.52 Å². The average Bonchev–Trinajstić information content (AvgIpc) is 1.69. The number of rotatable bonds is 4. The first-order valence-corrected chi connectivity index (χ1v) is 3.88. The molecular formula is C4H10BrOP. The second-order valence-electron chi connectivity index (χ2n) is 1.27. The Morgan fingerprint density at radius 1 is 1.43 bits per heavy atom. The van der Waals surface area contributed by atoms with Gasteiger partial charge >= 0.3 is 0 Å². The Hall–Kier alpha value is 0.870. The van der Waals surface area contributed by atoms with Crippen LogP contribution in [0.5, 0.6) is 0 Å². The van der Waals surface area contributed by atoms with Gasteiger partial charge in [-0.05, 0) is 12.8 Å². The molecule has 1 unspecified atom stereocenters. The van der Waals surface area contributed by atoms with Gasteiger partial charge < -0.3 is 4.52 Å². The summed E-state index contributed by atoms with van der Waals surface area (Å²) >= 11 is 3.32. The molecule has 0 saturated carbocycles. The number of hydrogen-bond donors (Lipinski definition) is 0. The molecule has 0 rings (SSSR count). The van der Waals surface area contributed by atoms with Crippen molar-refractivity contribution in [3.05, 3.63) is 0 Å². The van der Waals surface area contributed by atoms with Crippen molar-refractivity contribution in [1.82, 2.24) is 0 Å². The number of hydrogen-bond acceptors (Lipinski definition) is 1. The smallest absolute Gasteiger partial charge is 0.0502 e. The maximum Gasteiger partial charge on any atom is 0.0502 e. The van der Waals surface area contributed by atoms with Gasteiger partial charge in [-0.1, -0.05) is 15.9 Å². The highest BCUT2D eigenvalue weighted by Gasteiger charge is 1.81. The summed E-state index contributed by atoms with van der Waals surface area (Å²) in [5.41, 5.74) is 0. The first-order valence-electron chi connectivity index (χ1n) is 2.29. The molecular weight excluding hydrogens is 175 g/mol. The third kappa shape index (κ3) is 6.87. The molecule has 0 aliphatic rings. The molecule has 0 aromatic heterocycles. The molecule has 0 aromatic rings. The SMILES string of the molecule is POCCCCBr. The van der Waals surface area contributed by atoms with Crippen LogP contribution in [0.25, 0.3) is 0 Å². The van der Waals surface area contributed by atoms with Crippen LogP contribution in [-0.2, 0) is 4.52 Å². The molecule has 1 nitrogen and oxygen atoms in total. The molecule has 0 fully saturated rings. The van der Waals surface area contributed by atoms with Crippen molar-refractivity contribution < 1.29 is 4.52 Å². The third-order valence-corrected chi connectivity index (χ3v) is 1.44. The van der Waals surface area contributed by atoms with Crippen LogP contribution in [0.3, 0.4) is 0 Å². The van der Waals surface area contributed by atoms with Gasteiger partial charge in [-0.15, -0.1) is 0 Å². The fourth-order valence-corrected chi connectivity index (χ4v) is 0.843. The van der Waals surface area contributed by atoms with E-state index in [1.165, 1.54) is 6.42 Å². The quantitative estimate of drug-likeness (QED) is 0.369. The van der Waals surface area contributed by atoms with Crippen LogP contribution in [0.4, 0.5) is 0 Å². The molecule has 0 amide bonds. The zero-order valence-electron chi connectivity index (χ0n) is 4.19. The minimum atomic E-state index is 0.857. The molecule has 1 atom stereocenters. The van der Waals surface area contributed by atoms with E-state index in [1.54, 1.807) is 0 Å². The van der Waals surface area contributed by atoms with Gasteiger partial charge in [0.1, 0.15) is 0 Å². The van der Waals surface area contributed by atoms with Crippen LogP contribution in [0, 0.1) is 0 Å². The van der Waals surface area contributed by atoms with Crippen molar-refractivity contribution in [2.75, 3.05) is 11.9 Å². The van der Waals surface area contributed by atoms with Crippen LogP contribution in [0.2, 0.25) is 0 Å². The molecule has 0 saturated heterocycles. The van der Waals surface area contributed by atoms with Crippen LogP contribution in [0.1, 0.15) is 12.8 Å². The molecule has 3 heteroatoms. The largest absolute Gasteiger partial charge is 0.366 e. The average molecular weight is 185 g/mol. The second kappa shape index (κ2) is 6.87. The Labute approximate surface area is 55.2 Å². The summed E-state index contributed by atoms with van der Waals surface area (Å²) in [5.74, 6) is 0. The van der Waals surface area contributed by atoms with Gasteiger partial charge in [0.15, 0.2) is 0 Å². The summed E-state index contributed by atoms with van der Waals surface area (Å²) in [5, 5.41) is 1.08. The number of halogens is 1. The fourth-order valence-electron chi connectivity index (χ4n) is 0.280. The lowest BCUT2D eigenvalue weighted by atomic mass is 10.4. The van der Waals surface area contributed by atoms with Gasteiger partial charge in [-0.3, -0.25) is 0 Å². The van der Waals surface area contributed by atoms with Crippen LogP contribution in [-0.4, -0.2) is 11.9 Å². The summed E-state index contributed by atoms with van der Waals surface area (Å²) in [6, 6.07) is 0. The normalized spacial score (nSPS) is 9.43. The minimum absolute atomic E-state index is 0.857. The number of unbranched alkanes of at least 4 members (excludes halogenated alkanes) is 1. The van der Waals surface area contributed by atoms with Crippen molar-refractivity contribution in [3.63, 3.8) is 0 Å². The molecule has 44 valence electrons. The monoisotopic (exact) mass is 184 g/mol. The molecule has 0 spiro atoms.